The molecule has 1 heterocycles. The topological polar surface area (TPSA) is 64.1 Å². The molecule has 1 N–H and O–H groups in total. The fraction of sp³-hybridized carbons (Fsp3) is 0.636. The second-order valence-electron chi connectivity index (χ2n) is 5.54. The van der Waals surface area contributed by atoms with Crippen LogP contribution in [0, 0.1) is 0 Å². The van der Waals surface area contributed by atoms with Crippen molar-refractivity contribution in [2.75, 3.05) is 0 Å². The molecule has 1 aromatic heterocycles. The Morgan fingerprint density at radius 2 is 1.90 bits per heavy atom. The lowest BCUT2D eigenvalue weighted by molar-refractivity contribution is -0.139. The number of rotatable bonds is 4. The van der Waals surface area contributed by atoms with Crippen LogP contribution < -0.4 is 11.2 Å². The molecule has 1 unspecified atom stereocenters. The number of aromatic amines is 1. The van der Waals surface area contributed by atoms with Crippen molar-refractivity contribution in [3.8, 4) is 0 Å². The predicted octanol–water partition coefficient (Wildman–Crippen LogP) is 1.80. The highest BCUT2D eigenvalue weighted by molar-refractivity contribution is 6.77. The number of hydrogen-bond donors (Lipinski definition) is 1. The van der Waals surface area contributed by atoms with Gasteiger partial charge in [-0.25, -0.2) is 9.36 Å². The van der Waals surface area contributed by atoms with Crippen molar-refractivity contribution in [1.82, 2.24) is 9.55 Å². The molecule has 0 aliphatic heterocycles. The van der Waals surface area contributed by atoms with Crippen molar-refractivity contribution in [3.63, 3.8) is 0 Å². The second kappa shape index (κ2) is 5.56. The van der Waals surface area contributed by atoms with Crippen LogP contribution in [0.1, 0.15) is 12.5 Å². The SMILES string of the molecule is CC(OCn1c(=O)[nH]cc(C(F)(F)F)c1=O)[Si](C)(C)C. The third kappa shape index (κ3) is 3.82. The zero-order valence-electron chi connectivity index (χ0n) is 11.7. The Labute approximate surface area is 114 Å². The van der Waals surface area contributed by atoms with Crippen LogP contribution in [0.3, 0.4) is 0 Å². The summed E-state index contributed by atoms with van der Waals surface area (Å²) < 4.78 is 43.5. The molecule has 0 spiro atoms. The first-order chi connectivity index (χ1) is 8.94. The maximum absolute atomic E-state index is 12.6. The molecular weight excluding hydrogens is 293 g/mol. The van der Waals surface area contributed by atoms with E-state index in [-0.39, 0.29) is 5.73 Å². The highest BCUT2D eigenvalue weighted by atomic mass is 28.3. The summed E-state index contributed by atoms with van der Waals surface area (Å²) in [6.45, 7) is 7.31. The maximum atomic E-state index is 12.6. The van der Waals surface area contributed by atoms with Gasteiger partial charge in [0.25, 0.3) is 5.56 Å². The van der Waals surface area contributed by atoms with Crippen molar-refractivity contribution in [1.29, 1.82) is 0 Å². The number of halogens is 3. The average Bonchev–Trinajstić information content (AvgIpc) is 2.25. The van der Waals surface area contributed by atoms with E-state index < -0.39 is 37.8 Å². The quantitative estimate of drug-likeness (QED) is 0.863. The molecule has 0 amide bonds. The molecule has 0 aliphatic carbocycles. The van der Waals surface area contributed by atoms with E-state index in [1.807, 2.05) is 24.6 Å². The standard InChI is InChI=1S/C11H17F3N2O3Si/c1-7(20(2,3)4)19-6-16-9(17)8(11(12,13)14)5-15-10(16)18/h5,7H,6H2,1-4H3,(H,15,18). The Kier molecular flexibility index (Phi) is 4.65. The van der Waals surface area contributed by atoms with E-state index >= 15 is 0 Å². The normalized spacial score (nSPS) is 14.3. The van der Waals surface area contributed by atoms with Gasteiger partial charge in [-0.05, 0) is 6.92 Å². The van der Waals surface area contributed by atoms with Gasteiger partial charge in [-0.2, -0.15) is 13.2 Å². The molecule has 0 radical (unpaired) electrons. The van der Waals surface area contributed by atoms with Crippen molar-refractivity contribution in [2.45, 2.75) is 45.2 Å². The van der Waals surface area contributed by atoms with E-state index in [0.717, 1.165) is 0 Å². The minimum atomic E-state index is -4.81. The molecule has 0 fully saturated rings. The molecule has 114 valence electrons. The summed E-state index contributed by atoms with van der Waals surface area (Å²) >= 11 is 0. The Bertz CT molecular complexity index is 586. The van der Waals surface area contributed by atoms with E-state index in [9.17, 15) is 22.8 Å². The third-order valence-corrected chi connectivity index (χ3v) is 5.65. The number of hydrogen-bond acceptors (Lipinski definition) is 3. The summed E-state index contributed by atoms with van der Waals surface area (Å²) in [5, 5.41) is 0. The molecule has 5 nitrogen and oxygen atoms in total. The molecule has 1 rings (SSSR count). The Balaban J connectivity index is 3.08. The summed E-state index contributed by atoms with van der Waals surface area (Å²) in [4.78, 5) is 25.0. The highest BCUT2D eigenvalue weighted by Gasteiger charge is 2.35. The van der Waals surface area contributed by atoms with Crippen LogP contribution >= 0.6 is 0 Å². The average molecular weight is 310 g/mol. The number of alkyl halides is 3. The fourth-order valence-corrected chi connectivity index (χ4v) is 1.84. The smallest absolute Gasteiger partial charge is 0.361 e. The third-order valence-electron chi connectivity index (χ3n) is 3.04. The molecule has 1 atom stereocenters. The van der Waals surface area contributed by atoms with Crippen molar-refractivity contribution in [2.24, 2.45) is 0 Å². The molecule has 0 saturated carbocycles. The van der Waals surface area contributed by atoms with Crippen molar-refractivity contribution < 1.29 is 17.9 Å². The van der Waals surface area contributed by atoms with E-state index in [1.165, 1.54) is 0 Å². The van der Waals surface area contributed by atoms with Gasteiger partial charge >= 0.3 is 11.9 Å². The summed E-state index contributed by atoms with van der Waals surface area (Å²) in [5.41, 5.74) is -3.94. The molecule has 1 aromatic rings. The van der Waals surface area contributed by atoms with Gasteiger partial charge in [-0.3, -0.25) is 4.79 Å². The molecule has 0 saturated heterocycles. The Hall–Kier alpha value is -1.35. The van der Waals surface area contributed by atoms with Crippen LogP contribution in [0.5, 0.6) is 0 Å². The lowest BCUT2D eigenvalue weighted by Gasteiger charge is -2.25. The van der Waals surface area contributed by atoms with Gasteiger partial charge in [-0.1, -0.05) is 19.6 Å². The van der Waals surface area contributed by atoms with Gasteiger partial charge in [-0.15, -0.1) is 0 Å². The van der Waals surface area contributed by atoms with E-state index in [0.29, 0.717) is 10.8 Å². The van der Waals surface area contributed by atoms with Crippen LogP contribution in [0.25, 0.3) is 0 Å². The minimum absolute atomic E-state index is 0.205. The summed E-state index contributed by atoms with van der Waals surface area (Å²) in [5.74, 6) is 0. The van der Waals surface area contributed by atoms with Gasteiger partial charge in [0.15, 0.2) is 0 Å². The van der Waals surface area contributed by atoms with Crippen LogP contribution in [0.2, 0.25) is 19.6 Å². The summed E-state index contributed by atoms with van der Waals surface area (Å²) in [6.07, 6.45) is -4.43. The Morgan fingerprint density at radius 1 is 1.35 bits per heavy atom. The van der Waals surface area contributed by atoms with Crippen LogP contribution in [-0.2, 0) is 17.6 Å². The van der Waals surface area contributed by atoms with Crippen LogP contribution in [0.15, 0.2) is 15.8 Å². The van der Waals surface area contributed by atoms with E-state index in [2.05, 4.69) is 0 Å². The second-order valence-corrected chi connectivity index (χ2v) is 11.1. The molecular formula is C11H17F3N2O3Si. The molecule has 0 aromatic carbocycles. The molecule has 0 bridgehead atoms. The number of aromatic nitrogens is 2. The largest absolute Gasteiger partial charge is 0.423 e. The van der Waals surface area contributed by atoms with Gasteiger partial charge in [0.05, 0.1) is 8.07 Å². The van der Waals surface area contributed by atoms with Gasteiger partial charge < -0.3 is 9.72 Å². The van der Waals surface area contributed by atoms with Crippen molar-refractivity contribution in [3.05, 3.63) is 32.6 Å². The zero-order valence-corrected chi connectivity index (χ0v) is 12.7. The molecule has 20 heavy (non-hydrogen) atoms. The molecule has 9 heteroatoms. The lowest BCUT2D eigenvalue weighted by Crippen LogP contribution is -2.43. The first kappa shape index (κ1) is 16.7. The van der Waals surface area contributed by atoms with Gasteiger partial charge in [0.2, 0.25) is 0 Å². The van der Waals surface area contributed by atoms with Crippen LogP contribution in [0.4, 0.5) is 13.2 Å². The summed E-state index contributed by atoms with van der Waals surface area (Å²) in [7, 11) is -1.67. The number of H-pyrrole nitrogens is 1. The minimum Gasteiger partial charge on any atom is -0.361 e. The first-order valence-electron chi connectivity index (χ1n) is 5.96. The maximum Gasteiger partial charge on any atom is 0.423 e. The fourth-order valence-electron chi connectivity index (χ4n) is 1.27. The number of ether oxygens (including phenoxy) is 1. The predicted molar refractivity (Wildman–Crippen MR) is 70.2 cm³/mol. The molecule has 0 aliphatic rings. The van der Waals surface area contributed by atoms with Gasteiger partial charge in [0, 0.05) is 11.9 Å². The lowest BCUT2D eigenvalue weighted by atomic mass is 10.3. The van der Waals surface area contributed by atoms with Crippen molar-refractivity contribution >= 4 is 8.07 Å². The van der Waals surface area contributed by atoms with Gasteiger partial charge in [0.1, 0.15) is 12.3 Å². The van der Waals surface area contributed by atoms with E-state index in [4.69, 9.17) is 4.74 Å². The number of nitrogens with one attached hydrogen (secondary N) is 1. The van der Waals surface area contributed by atoms with Crippen LogP contribution in [-0.4, -0.2) is 23.4 Å². The zero-order chi connectivity index (χ0) is 15.7. The monoisotopic (exact) mass is 310 g/mol. The Morgan fingerprint density at radius 3 is 2.35 bits per heavy atom. The number of nitrogens with zero attached hydrogens (tertiary/aromatic N) is 1. The highest BCUT2D eigenvalue weighted by Crippen LogP contribution is 2.25. The first-order valence-corrected chi connectivity index (χ1v) is 9.53. The summed E-state index contributed by atoms with van der Waals surface area (Å²) in [6, 6.07) is 0. The van der Waals surface area contributed by atoms with E-state index in [1.54, 1.807) is 6.92 Å².